The molecule has 0 heterocycles. The molecule has 0 spiro atoms. The van der Waals surface area contributed by atoms with Crippen molar-refractivity contribution in [1.29, 1.82) is 0 Å². The third kappa shape index (κ3) is 5.52. The molecular weight excluding hydrogens is 364 g/mol. The number of nitrogens with one attached hydrogen (secondary N) is 4. The Balaban J connectivity index is 1.82. The summed E-state index contributed by atoms with van der Waals surface area (Å²) in [6.45, 7) is 1.94. The molecule has 5 nitrogen and oxygen atoms in total. The first-order valence-electron chi connectivity index (χ1n) is 7.02. The van der Waals surface area contributed by atoms with E-state index in [1.807, 2.05) is 43.3 Å². The quantitative estimate of drug-likeness (QED) is 0.476. The molecule has 0 atom stereocenters. The summed E-state index contributed by atoms with van der Waals surface area (Å²) in [5.74, 6) is 0.740. The van der Waals surface area contributed by atoms with E-state index >= 15 is 0 Å². The van der Waals surface area contributed by atoms with Crippen molar-refractivity contribution in [2.24, 2.45) is 0 Å². The standard InChI is InChI=1S/C16H17ClN4OS2/c1-10-6-7-12(9-14(10)17)19-16(24)21-20-15(23)18-11-4-3-5-13(8-11)22-2/h3-9H,1-2H3,(H2,18,20,23)(H2,19,21,24). The molecular formula is C16H17ClN4OS2. The normalized spacial score (nSPS) is 9.79. The van der Waals surface area contributed by atoms with Gasteiger partial charge in [-0.3, -0.25) is 10.9 Å². The number of hydrogen-bond acceptors (Lipinski definition) is 3. The van der Waals surface area contributed by atoms with E-state index in [2.05, 4.69) is 21.5 Å². The maximum absolute atomic E-state index is 6.08. The summed E-state index contributed by atoms with van der Waals surface area (Å²) in [6.07, 6.45) is 0. The van der Waals surface area contributed by atoms with Crippen LogP contribution in [-0.4, -0.2) is 17.3 Å². The van der Waals surface area contributed by atoms with E-state index in [-0.39, 0.29) is 0 Å². The summed E-state index contributed by atoms with van der Waals surface area (Å²) < 4.78 is 5.16. The number of methoxy groups -OCH3 is 1. The lowest BCUT2D eigenvalue weighted by molar-refractivity contribution is 0.415. The molecule has 0 fully saturated rings. The first-order chi connectivity index (χ1) is 11.5. The van der Waals surface area contributed by atoms with Crippen LogP contribution in [0.2, 0.25) is 5.02 Å². The van der Waals surface area contributed by atoms with E-state index in [0.29, 0.717) is 15.2 Å². The van der Waals surface area contributed by atoms with Crippen LogP contribution >= 0.6 is 36.0 Å². The van der Waals surface area contributed by atoms with Crippen LogP contribution < -0.4 is 26.2 Å². The fourth-order valence-corrected chi connectivity index (χ4v) is 2.33. The highest BCUT2D eigenvalue weighted by atomic mass is 35.5. The number of hydrogen-bond donors (Lipinski definition) is 4. The van der Waals surface area contributed by atoms with Crippen molar-refractivity contribution in [3.8, 4) is 5.75 Å². The monoisotopic (exact) mass is 380 g/mol. The lowest BCUT2D eigenvalue weighted by Gasteiger charge is -2.15. The Labute approximate surface area is 156 Å². The van der Waals surface area contributed by atoms with Gasteiger partial charge in [0.05, 0.1) is 7.11 Å². The fourth-order valence-electron chi connectivity index (χ4n) is 1.81. The average molecular weight is 381 g/mol. The maximum Gasteiger partial charge on any atom is 0.189 e. The summed E-state index contributed by atoms with van der Waals surface area (Å²) in [6, 6.07) is 13.0. The van der Waals surface area contributed by atoms with Crippen LogP contribution in [0.1, 0.15) is 5.56 Å². The number of ether oxygens (including phenoxy) is 1. The van der Waals surface area contributed by atoms with Gasteiger partial charge < -0.3 is 15.4 Å². The van der Waals surface area contributed by atoms with Gasteiger partial charge in [-0.15, -0.1) is 0 Å². The minimum atomic E-state index is 0.365. The fraction of sp³-hybridized carbons (Fsp3) is 0.125. The van der Waals surface area contributed by atoms with Crippen LogP contribution in [-0.2, 0) is 0 Å². The van der Waals surface area contributed by atoms with Gasteiger partial charge in [-0.1, -0.05) is 23.7 Å². The number of hydrazine groups is 1. The largest absolute Gasteiger partial charge is 0.497 e. The van der Waals surface area contributed by atoms with Crippen molar-refractivity contribution >= 4 is 57.6 Å². The Morgan fingerprint density at radius 2 is 1.58 bits per heavy atom. The third-order valence-electron chi connectivity index (χ3n) is 3.05. The number of thiocarbonyl (C=S) groups is 2. The molecule has 0 saturated heterocycles. The number of halogens is 1. The van der Waals surface area contributed by atoms with Gasteiger partial charge in [0.2, 0.25) is 0 Å². The van der Waals surface area contributed by atoms with Gasteiger partial charge in [-0.25, -0.2) is 0 Å². The molecule has 0 aromatic heterocycles. The molecule has 0 aliphatic heterocycles. The molecule has 4 N–H and O–H groups in total. The second kappa shape index (κ2) is 8.68. The summed E-state index contributed by atoms with van der Waals surface area (Å²) in [5, 5.41) is 7.44. The van der Waals surface area contributed by atoms with Crippen LogP contribution in [0, 0.1) is 6.92 Å². The molecule has 24 heavy (non-hydrogen) atoms. The Kier molecular flexibility index (Phi) is 6.60. The van der Waals surface area contributed by atoms with E-state index < -0.39 is 0 Å². The number of benzene rings is 2. The van der Waals surface area contributed by atoms with E-state index in [1.54, 1.807) is 13.2 Å². The van der Waals surface area contributed by atoms with Gasteiger partial charge >= 0.3 is 0 Å². The minimum absolute atomic E-state index is 0.365. The lowest BCUT2D eigenvalue weighted by Crippen LogP contribution is -2.45. The van der Waals surface area contributed by atoms with Gasteiger partial charge in [0.15, 0.2) is 10.2 Å². The third-order valence-corrected chi connectivity index (χ3v) is 3.86. The van der Waals surface area contributed by atoms with Crippen molar-refractivity contribution in [1.82, 2.24) is 10.9 Å². The van der Waals surface area contributed by atoms with Crippen molar-refractivity contribution in [3.05, 3.63) is 53.1 Å². The van der Waals surface area contributed by atoms with Crippen LogP contribution in [0.5, 0.6) is 5.75 Å². The minimum Gasteiger partial charge on any atom is -0.497 e. The lowest BCUT2D eigenvalue weighted by atomic mass is 10.2. The number of aryl methyl sites for hydroxylation is 1. The molecule has 2 aromatic carbocycles. The molecule has 8 heteroatoms. The van der Waals surface area contributed by atoms with Crippen LogP contribution in [0.3, 0.4) is 0 Å². The zero-order valence-corrected chi connectivity index (χ0v) is 15.5. The summed E-state index contributed by atoms with van der Waals surface area (Å²) >= 11 is 16.5. The van der Waals surface area contributed by atoms with Crippen molar-refractivity contribution in [3.63, 3.8) is 0 Å². The van der Waals surface area contributed by atoms with E-state index in [9.17, 15) is 0 Å². The Morgan fingerprint density at radius 3 is 2.17 bits per heavy atom. The second-order valence-electron chi connectivity index (χ2n) is 4.85. The van der Waals surface area contributed by atoms with E-state index in [4.69, 9.17) is 40.8 Å². The maximum atomic E-state index is 6.08. The average Bonchev–Trinajstić information content (AvgIpc) is 2.56. The molecule has 0 amide bonds. The summed E-state index contributed by atoms with van der Waals surface area (Å²) in [7, 11) is 1.61. The van der Waals surface area contributed by atoms with Gasteiger partial charge in [-0.2, -0.15) is 0 Å². The Morgan fingerprint density at radius 1 is 0.958 bits per heavy atom. The predicted octanol–water partition coefficient (Wildman–Crippen LogP) is 3.85. The highest BCUT2D eigenvalue weighted by molar-refractivity contribution is 7.81. The molecule has 0 saturated carbocycles. The zero-order valence-electron chi connectivity index (χ0n) is 13.1. The molecule has 2 rings (SSSR count). The van der Waals surface area contributed by atoms with E-state index in [0.717, 1.165) is 22.7 Å². The molecule has 2 aromatic rings. The van der Waals surface area contributed by atoms with Crippen LogP contribution in [0.4, 0.5) is 11.4 Å². The Bertz CT molecular complexity index is 755. The Hall–Kier alpha value is -2.09. The first-order valence-corrected chi connectivity index (χ1v) is 8.21. The second-order valence-corrected chi connectivity index (χ2v) is 6.08. The smallest absolute Gasteiger partial charge is 0.189 e. The molecule has 0 bridgehead atoms. The molecule has 0 aliphatic carbocycles. The topological polar surface area (TPSA) is 57.4 Å². The van der Waals surface area contributed by atoms with Gasteiger partial charge in [0, 0.05) is 22.5 Å². The highest BCUT2D eigenvalue weighted by Crippen LogP contribution is 2.19. The van der Waals surface area contributed by atoms with Crippen LogP contribution in [0.15, 0.2) is 42.5 Å². The molecule has 126 valence electrons. The highest BCUT2D eigenvalue weighted by Gasteiger charge is 2.02. The van der Waals surface area contributed by atoms with E-state index in [1.165, 1.54) is 0 Å². The number of anilines is 2. The molecule has 0 aliphatic rings. The van der Waals surface area contributed by atoms with Gasteiger partial charge in [0.1, 0.15) is 5.75 Å². The summed E-state index contributed by atoms with van der Waals surface area (Å²) in [4.78, 5) is 0. The first kappa shape index (κ1) is 18.3. The van der Waals surface area contributed by atoms with Crippen molar-refractivity contribution < 1.29 is 4.74 Å². The van der Waals surface area contributed by atoms with Crippen molar-refractivity contribution in [2.45, 2.75) is 6.92 Å². The number of rotatable bonds is 3. The zero-order chi connectivity index (χ0) is 17.5. The van der Waals surface area contributed by atoms with Crippen molar-refractivity contribution in [2.75, 3.05) is 17.7 Å². The van der Waals surface area contributed by atoms with Gasteiger partial charge in [0.25, 0.3) is 0 Å². The molecule has 0 radical (unpaired) electrons. The molecule has 0 unspecified atom stereocenters. The predicted molar refractivity (Wildman–Crippen MR) is 108 cm³/mol. The SMILES string of the molecule is COc1cccc(NC(=S)NNC(=S)Nc2ccc(C)c(Cl)c2)c1. The van der Waals surface area contributed by atoms with Crippen LogP contribution in [0.25, 0.3) is 0 Å². The van der Waals surface area contributed by atoms with Gasteiger partial charge in [-0.05, 0) is 61.2 Å². The summed E-state index contributed by atoms with van der Waals surface area (Å²) in [5.41, 5.74) is 8.21.